The van der Waals surface area contributed by atoms with Crippen LogP contribution in [0.15, 0.2) is 60.8 Å². The maximum atomic E-state index is 6.15. The molecule has 0 aliphatic carbocycles. The first-order chi connectivity index (χ1) is 16.1. The van der Waals surface area contributed by atoms with Crippen LogP contribution in [-0.2, 0) is 6.42 Å². The van der Waals surface area contributed by atoms with Gasteiger partial charge in [-0.05, 0) is 55.0 Å². The highest BCUT2D eigenvalue weighted by Crippen LogP contribution is 2.28. The Morgan fingerprint density at radius 2 is 1.67 bits per heavy atom. The number of hydrogen-bond acceptors (Lipinski definition) is 6. The van der Waals surface area contributed by atoms with Crippen LogP contribution < -0.4 is 14.5 Å². The molecule has 33 heavy (non-hydrogen) atoms. The number of piperazine rings is 1. The van der Waals surface area contributed by atoms with E-state index in [9.17, 15) is 0 Å². The van der Waals surface area contributed by atoms with Gasteiger partial charge in [0.2, 0.25) is 5.95 Å². The van der Waals surface area contributed by atoms with E-state index in [-0.39, 0.29) is 0 Å². The van der Waals surface area contributed by atoms with Crippen LogP contribution in [-0.4, -0.2) is 48.2 Å². The van der Waals surface area contributed by atoms with E-state index in [2.05, 4.69) is 45.1 Å². The van der Waals surface area contributed by atoms with Gasteiger partial charge in [0.25, 0.3) is 0 Å². The molecule has 2 aromatic carbocycles. The second kappa shape index (κ2) is 9.24. The molecule has 168 valence electrons. The van der Waals surface area contributed by atoms with Gasteiger partial charge in [-0.25, -0.2) is 9.97 Å². The number of aryl methyl sites for hydroxylation is 1. The number of nitrogens with zero attached hydrogens (tertiary/aromatic N) is 5. The number of benzene rings is 2. The minimum atomic E-state index is 0.707. The van der Waals surface area contributed by atoms with Gasteiger partial charge in [-0.15, -0.1) is 0 Å². The second-order valence-electron chi connectivity index (χ2n) is 8.29. The van der Waals surface area contributed by atoms with E-state index in [1.807, 2.05) is 37.4 Å². The van der Waals surface area contributed by atoms with Gasteiger partial charge in [0.05, 0.1) is 18.3 Å². The molecule has 1 saturated heterocycles. The molecule has 7 heteroatoms. The largest absolute Gasteiger partial charge is 0.497 e. The standard InChI is InChI=1S/C26H26ClN5O/c1-18-15-21(16-19-3-6-22(33-2)7-4-19)30-26(29-18)32-13-11-31(12-14-32)25-9-10-28-24-17-20(27)5-8-23(24)25/h3-10,15,17H,11-14,16H2,1-2H3. The van der Waals surface area contributed by atoms with Gasteiger partial charge in [-0.3, -0.25) is 4.98 Å². The third kappa shape index (κ3) is 4.71. The van der Waals surface area contributed by atoms with Crippen molar-refractivity contribution in [3.63, 3.8) is 0 Å². The summed E-state index contributed by atoms with van der Waals surface area (Å²) in [6, 6.07) is 18.2. The SMILES string of the molecule is COc1ccc(Cc2cc(C)nc(N3CCN(c4ccnc5cc(Cl)ccc45)CC3)n2)cc1. The fraction of sp³-hybridized carbons (Fsp3) is 0.269. The average molecular weight is 460 g/mol. The van der Waals surface area contributed by atoms with Crippen LogP contribution in [0.4, 0.5) is 11.6 Å². The van der Waals surface area contributed by atoms with Gasteiger partial charge < -0.3 is 14.5 Å². The quantitative estimate of drug-likeness (QED) is 0.422. The Labute approximate surface area is 198 Å². The Bertz CT molecular complexity index is 1270. The molecule has 5 rings (SSSR count). The molecule has 0 amide bonds. The number of methoxy groups -OCH3 is 1. The third-order valence-corrected chi connectivity index (χ3v) is 6.26. The van der Waals surface area contributed by atoms with E-state index >= 15 is 0 Å². The molecular weight excluding hydrogens is 434 g/mol. The first-order valence-corrected chi connectivity index (χ1v) is 11.5. The molecule has 0 unspecified atom stereocenters. The summed E-state index contributed by atoms with van der Waals surface area (Å²) in [6.07, 6.45) is 2.63. The highest BCUT2D eigenvalue weighted by Gasteiger charge is 2.21. The van der Waals surface area contributed by atoms with Crippen LogP contribution in [0.1, 0.15) is 17.0 Å². The van der Waals surface area contributed by atoms with Gasteiger partial charge in [-0.1, -0.05) is 23.7 Å². The molecule has 0 bridgehead atoms. The minimum Gasteiger partial charge on any atom is -0.497 e. The molecule has 1 fully saturated rings. The molecule has 4 aromatic rings. The number of halogens is 1. The summed E-state index contributed by atoms with van der Waals surface area (Å²) in [5.74, 6) is 1.67. The number of rotatable bonds is 5. The van der Waals surface area contributed by atoms with Gasteiger partial charge in [0.1, 0.15) is 5.75 Å². The average Bonchev–Trinajstić information content (AvgIpc) is 2.84. The van der Waals surface area contributed by atoms with Crippen molar-refractivity contribution in [1.82, 2.24) is 15.0 Å². The fourth-order valence-electron chi connectivity index (χ4n) is 4.33. The van der Waals surface area contributed by atoms with Gasteiger partial charge >= 0.3 is 0 Å². The molecular formula is C26H26ClN5O. The Kier molecular flexibility index (Phi) is 6.01. The van der Waals surface area contributed by atoms with Crippen molar-refractivity contribution in [2.45, 2.75) is 13.3 Å². The normalized spacial score (nSPS) is 14.0. The van der Waals surface area contributed by atoms with Gasteiger partial charge in [0.15, 0.2) is 0 Å². The van der Waals surface area contributed by atoms with E-state index in [4.69, 9.17) is 26.3 Å². The lowest BCUT2D eigenvalue weighted by atomic mass is 10.1. The first kappa shape index (κ1) is 21.5. The molecule has 2 aromatic heterocycles. The summed E-state index contributed by atoms with van der Waals surface area (Å²) in [7, 11) is 1.68. The van der Waals surface area contributed by atoms with E-state index in [1.165, 1.54) is 11.3 Å². The summed E-state index contributed by atoms with van der Waals surface area (Å²) in [5.41, 5.74) is 5.34. The molecule has 0 spiro atoms. The zero-order chi connectivity index (χ0) is 22.8. The molecule has 3 heterocycles. The highest BCUT2D eigenvalue weighted by atomic mass is 35.5. The number of hydrogen-bond donors (Lipinski definition) is 0. The van der Waals surface area contributed by atoms with Crippen molar-refractivity contribution >= 4 is 34.1 Å². The lowest BCUT2D eigenvalue weighted by molar-refractivity contribution is 0.414. The topological polar surface area (TPSA) is 54.4 Å². The van der Waals surface area contributed by atoms with Crippen molar-refractivity contribution in [3.8, 4) is 5.75 Å². The van der Waals surface area contributed by atoms with E-state index in [0.29, 0.717) is 5.02 Å². The molecule has 0 saturated carbocycles. The lowest BCUT2D eigenvalue weighted by Gasteiger charge is -2.36. The van der Waals surface area contributed by atoms with E-state index < -0.39 is 0 Å². The number of aromatic nitrogens is 3. The summed E-state index contributed by atoms with van der Waals surface area (Å²) in [5, 5.41) is 1.84. The van der Waals surface area contributed by atoms with Crippen molar-refractivity contribution in [1.29, 1.82) is 0 Å². The van der Waals surface area contributed by atoms with Crippen LogP contribution in [0, 0.1) is 6.92 Å². The molecule has 1 aliphatic rings. The predicted octanol–water partition coefficient (Wildman–Crippen LogP) is 4.91. The number of pyridine rings is 1. The summed E-state index contributed by atoms with van der Waals surface area (Å²) >= 11 is 6.15. The highest BCUT2D eigenvalue weighted by molar-refractivity contribution is 6.31. The van der Waals surface area contributed by atoms with Crippen molar-refractivity contribution in [2.24, 2.45) is 0 Å². The van der Waals surface area contributed by atoms with Crippen LogP contribution in [0.2, 0.25) is 5.02 Å². The molecule has 0 atom stereocenters. The van der Waals surface area contributed by atoms with E-state index in [0.717, 1.165) is 66.6 Å². The van der Waals surface area contributed by atoms with E-state index in [1.54, 1.807) is 7.11 Å². The minimum absolute atomic E-state index is 0.707. The van der Waals surface area contributed by atoms with Crippen LogP contribution >= 0.6 is 11.6 Å². The Balaban J connectivity index is 1.31. The molecule has 1 aliphatic heterocycles. The molecule has 0 N–H and O–H groups in total. The van der Waals surface area contributed by atoms with Gasteiger partial charge in [-0.2, -0.15) is 0 Å². The van der Waals surface area contributed by atoms with Crippen molar-refractivity contribution in [2.75, 3.05) is 43.1 Å². The molecule has 0 radical (unpaired) electrons. The lowest BCUT2D eigenvalue weighted by Crippen LogP contribution is -2.47. The predicted molar refractivity (Wildman–Crippen MR) is 134 cm³/mol. The number of fused-ring (bicyclic) bond motifs is 1. The second-order valence-corrected chi connectivity index (χ2v) is 8.73. The summed E-state index contributed by atoms with van der Waals surface area (Å²) in [4.78, 5) is 18.8. The maximum absolute atomic E-state index is 6.15. The summed E-state index contributed by atoms with van der Waals surface area (Å²) in [6.45, 7) is 5.55. The smallest absolute Gasteiger partial charge is 0.225 e. The van der Waals surface area contributed by atoms with Crippen LogP contribution in [0.5, 0.6) is 5.75 Å². The van der Waals surface area contributed by atoms with Gasteiger partial charge in [0, 0.05) is 60.6 Å². The Morgan fingerprint density at radius 1 is 0.909 bits per heavy atom. The zero-order valence-electron chi connectivity index (χ0n) is 18.8. The summed E-state index contributed by atoms with van der Waals surface area (Å²) < 4.78 is 5.26. The monoisotopic (exact) mass is 459 g/mol. The third-order valence-electron chi connectivity index (χ3n) is 6.02. The Hall–Kier alpha value is -3.38. The van der Waals surface area contributed by atoms with Crippen LogP contribution in [0.3, 0.4) is 0 Å². The Morgan fingerprint density at radius 3 is 2.42 bits per heavy atom. The zero-order valence-corrected chi connectivity index (χ0v) is 19.6. The number of ether oxygens (including phenoxy) is 1. The van der Waals surface area contributed by atoms with Crippen molar-refractivity contribution in [3.05, 3.63) is 82.8 Å². The van der Waals surface area contributed by atoms with Crippen molar-refractivity contribution < 1.29 is 4.74 Å². The number of anilines is 2. The molecule has 6 nitrogen and oxygen atoms in total. The van der Waals surface area contributed by atoms with Crippen LogP contribution in [0.25, 0.3) is 10.9 Å². The maximum Gasteiger partial charge on any atom is 0.225 e. The first-order valence-electron chi connectivity index (χ1n) is 11.1. The fourth-order valence-corrected chi connectivity index (χ4v) is 4.50.